The number of carbonyl (C=O) groups is 1. The van der Waals surface area contributed by atoms with Crippen LogP contribution in [-0.2, 0) is 10.3 Å². The molecule has 1 fully saturated rings. The van der Waals surface area contributed by atoms with Gasteiger partial charge in [0.15, 0.2) is 0 Å². The van der Waals surface area contributed by atoms with Crippen molar-refractivity contribution < 1.29 is 4.79 Å². The van der Waals surface area contributed by atoms with Crippen molar-refractivity contribution in [1.82, 2.24) is 15.1 Å². The maximum atomic E-state index is 12.5. The third-order valence-electron chi connectivity index (χ3n) is 4.92. The van der Waals surface area contributed by atoms with Crippen LogP contribution in [-0.4, -0.2) is 62.0 Å². The molecule has 24 heavy (non-hydrogen) atoms. The molecule has 1 aliphatic heterocycles. The van der Waals surface area contributed by atoms with E-state index in [1.165, 1.54) is 12.8 Å². The lowest BCUT2D eigenvalue weighted by Gasteiger charge is -2.35. The molecule has 0 aliphatic carbocycles. The Morgan fingerprint density at radius 1 is 1.33 bits per heavy atom. The van der Waals surface area contributed by atoms with Crippen LogP contribution in [0.1, 0.15) is 25.3 Å². The quantitative estimate of drug-likeness (QED) is 0.768. The van der Waals surface area contributed by atoms with Crippen LogP contribution in [0.25, 0.3) is 0 Å². The van der Waals surface area contributed by atoms with E-state index in [0.717, 1.165) is 29.7 Å². The zero-order chi connectivity index (χ0) is 17.7. The van der Waals surface area contributed by atoms with Gasteiger partial charge >= 0.3 is 0 Å². The maximum Gasteiger partial charge on any atom is 0.244 e. The Hall–Kier alpha value is -0.950. The van der Waals surface area contributed by atoms with Crippen molar-refractivity contribution in [3.63, 3.8) is 0 Å². The first kappa shape index (κ1) is 19.4. The third-order valence-corrected chi connectivity index (χ3v) is 5.45. The highest BCUT2D eigenvalue weighted by Gasteiger charge is 2.30. The molecule has 1 atom stereocenters. The first-order chi connectivity index (χ1) is 11.3. The number of hydrogen-bond donors (Lipinski definition) is 2. The Labute approximate surface area is 153 Å². The second kappa shape index (κ2) is 8.43. The molecular weight excluding hydrogens is 368 g/mol. The van der Waals surface area contributed by atoms with Gasteiger partial charge in [0.05, 0.1) is 0 Å². The molecule has 2 rings (SSSR count). The lowest BCUT2D eigenvalue weighted by molar-refractivity contribution is -0.126. The second-order valence-corrected chi connectivity index (χ2v) is 7.92. The Morgan fingerprint density at radius 2 is 1.92 bits per heavy atom. The second-order valence-electron chi connectivity index (χ2n) is 7.00. The number of rotatable bonds is 6. The summed E-state index contributed by atoms with van der Waals surface area (Å²) >= 11 is 3.40. The largest absolute Gasteiger partial charge is 0.353 e. The zero-order valence-electron chi connectivity index (χ0n) is 14.9. The summed E-state index contributed by atoms with van der Waals surface area (Å²) in [7, 11) is 4.29. The molecular formula is C18H29BrN4O. The van der Waals surface area contributed by atoms with E-state index in [0.29, 0.717) is 12.6 Å². The molecule has 0 spiro atoms. The Morgan fingerprint density at radius 3 is 2.46 bits per heavy atom. The molecule has 1 amide bonds. The van der Waals surface area contributed by atoms with Gasteiger partial charge in [-0.2, -0.15) is 0 Å². The van der Waals surface area contributed by atoms with Crippen LogP contribution >= 0.6 is 15.9 Å². The fourth-order valence-electron chi connectivity index (χ4n) is 3.10. The van der Waals surface area contributed by atoms with Gasteiger partial charge in [-0.1, -0.05) is 28.1 Å². The number of likely N-dealkylation sites (tertiary alicyclic amines) is 1. The molecule has 3 N–H and O–H groups in total. The lowest BCUT2D eigenvalue weighted by Crippen LogP contribution is -2.51. The third kappa shape index (κ3) is 5.02. The topological polar surface area (TPSA) is 61.6 Å². The van der Waals surface area contributed by atoms with Gasteiger partial charge in [-0.05, 0) is 64.6 Å². The minimum atomic E-state index is -1.02. The monoisotopic (exact) mass is 396 g/mol. The van der Waals surface area contributed by atoms with Crippen molar-refractivity contribution in [3.8, 4) is 0 Å². The Balaban J connectivity index is 1.78. The zero-order valence-corrected chi connectivity index (χ0v) is 16.5. The summed E-state index contributed by atoms with van der Waals surface area (Å²) in [5.41, 5.74) is 6.06. The summed E-state index contributed by atoms with van der Waals surface area (Å²) < 4.78 is 0.976. The molecule has 1 unspecified atom stereocenters. The molecule has 1 saturated heterocycles. The highest BCUT2D eigenvalue weighted by molar-refractivity contribution is 9.10. The van der Waals surface area contributed by atoms with Crippen molar-refractivity contribution in [2.45, 2.75) is 31.3 Å². The SMILES string of the molecule is CN(C)C1CCN(CCNC(=O)C(C)(N)c2ccc(Br)cc2)CC1. The number of nitrogens with one attached hydrogen (secondary N) is 1. The van der Waals surface area contributed by atoms with E-state index in [2.05, 4.69) is 45.1 Å². The first-order valence-corrected chi connectivity index (χ1v) is 9.32. The van der Waals surface area contributed by atoms with Gasteiger partial charge in [-0.15, -0.1) is 0 Å². The fourth-order valence-corrected chi connectivity index (χ4v) is 3.36. The maximum absolute atomic E-state index is 12.5. The fraction of sp³-hybridized carbons (Fsp3) is 0.611. The average Bonchev–Trinajstić information content (AvgIpc) is 2.55. The number of carbonyl (C=O) groups excluding carboxylic acids is 1. The highest BCUT2D eigenvalue weighted by atomic mass is 79.9. The molecule has 1 aromatic rings. The summed E-state index contributed by atoms with van der Waals surface area (Å²) in [6.07, 6.45) is 2.38. The number of benzene rings is 1. The van der Waals surface area contributed by atoms with Gasteiger partial charge in [-0.3, -0.25) is 4.79 Å². The van der Waals surface area contributed by atoms with E-state index in [4.69, 9.17) is 5.73 Å². The molecule has 6 heteroatoms. The van der Waals surface area contributed by atoms with Crippen LogP contribution in [0.3, 0.4) is 0 Å². The number of halogens is 1. The van der Waals surface area contributed by atoms with Crippen molar-refractivity contribution in [2.24, 2.45) is 5.73 Å². The van der Waals surface area contributed by atoms with Crippen LogP contribution < -0.4 is 11.1 Å². The lowest BCUT2D eigenvalue weighted by atomic mass is 9.92. The van der Waals surface area contributed by atoms with Crippen molar-refractivity contribution in [2.75, 3.05) is 40.3 Å². The molecule has 0 saturated carbocycles. The normalized spacial score (nSPS) is 19.2. The molecule has 0 aromatic heterocycles. The predicted molar refractivity (Wildman–Crippen MR) is 102 cm³/mol. The van der Waals surface area contributed by atoms with Gasteiger partial charge in [-0.25, -0.2) is 0 Å². The smallest absolute Gasteiger partial charge is 0.244 e. The first-order valence-electron chi connectivity index (χ1n) is 8.52. The number of nitrogens with zero attached hydrogens (tertiary/aromatic N) is 2. The van der Waals surface area contributed by atoms with Crippen molar-refractivity contribution >= 4 is 21.8 Å². The van der Waals surface area contributed by atoms with Crippen LogP contribution in [0.2, 0.25) is 0 Å². The van der Waals surface area contributed by atoms with Gasteiger partial charge in [0.1, 0.15) is 5.54 Å². The van der Waals surface area contributed by atoms with E-state index < -0.39 is 5.54 Å². The molecule has 1 aliphatic rings. The summed E-state index contributed by atoms with van der Waals surface area (Å²) in [6.45, 7) is 5.45. The van der Waals surface area contributed by atoms with E-state index in [-0.39, 0.29) is 5.91 Å². The van der Waals surface area contributed by atoms with Gasteiger partial charge < -0.3 is 20.9 Å². The molecule has 0 bridgehead atoms. The minimum absolute atomic E-state index is 0.131. The summed E-state index contributed by atoms with van der Waals surface area (Å²) in [6, 6.07) is 8.26. The van der Waals surface area contributed by atoms with Gasteiger partial charge in [0, 0.05) is 23.6 Å². The highest BCUT2D eigenvalue weighted by Crippen LogP contribution is 2.20. The van der Waals surface area contributed by atoms with Crippen molar-refractivity contribution in [1.29, 1.82) is 0 Å². The number of hydrogen-bond acceptors (Lipinski definition) is 4. The number of amides is 1. The Kier molecular flexibility index (Phi) is 6.80. The minimum Gasteiger partial charge on any atom is -0.353 e. The molecule has 134 valence electrons. The summed E-state index contributed by atoms with van der Waals surface area (Å²) in [5, 5.41) is 2.99. The Bertz CT molecular complexity index is 536. The van der Waals surface area contributed by atoms with Crippen LogP contribution in [0.15, 0.2) is 28.7 Å². The van der Waals surface area contributed by atoms with Crippen LogP contribution in [0.4, 0.5) is 0 Å². The van der Waals surface area contributed by atoms with Crippen LogP contribution in [0.5, 0.6) is 0 Å². The van der Waals surface area contributed by atoms with E-state index in [1.54, 1.807) is 6.92 Å². The predicted octanol–water partition coefficient (Wildman–Crippen LogP) is 1.77. The van der Waals surface area contributed by atoms with E-state index in [9.17, 15) is 4.79 Å². The van der Waals surface area contributed by atoms with Gasteiger partial charge in [0.2, 0.25) is 5.91 Å². The molecule has 1 heterocycles. The average molecular weight is 397 g/mol. The van der Waals surface area contributed by atoms with E-state index in [1.807, 2.05) is 24.3 Å². The van der Waals surface area contributed by atoms with Gasteiger partial charge in [0.25, 0.3) is 0 Å². The van der Waals surface area contributed by atoms with Crippen molar-refractivity contribution in [3.05, 3.63) is 34.3 Å². The molecule has 1 aromatic carbocycles. The molecule has 0 radical (unpaired) electrons. The van der Waals surface area contributed by atoms with E-state index >= 15 is 0 Å². The standard InChI is InChI=1S/C18H29BrN4O/c1-18(20,14-4-6-15(19)7-5-14)17(24)21-10-13-23-11-8-16(9-12-23)22(2)3/h4-7,16H,8-13,20H2,1-3H3,(H,21,24). The molecule has 5 nitrogen and oxygen atoms in total. The summed E-state index contributed by atoms with van der Waals surface area (Å²) in [5.74, 6) is -0.131. The van der Waals surface area contributed by atoms with Crippen LogP contribution in [0, 0.1) is 0 Å². The number of nitrogens with two attached hydrogens (primary N) is 1. The number of piperidine rings is 1. The summed E-state index contributed by atoms with van der Waals surface area (Å²) in [4.78, 5) is 17.2.